The molecule has 0 aliphatic rings. The molecule has 1 amide bonds. The van der Waals surface area contributed by atoms with Crippen LogP contribution in [0.4, 0.5) is 5.69 Å². The number of benzene rings is 2. The lowest BCUT2D eigenvalue weighted by Gasteiger charge is -2.08. The van der Waals surface area contributed by atoms with Gasteiger partial charge in [0.15, 0.2) is 6.61 Å². The van der Waals surface area contributed by atoms with E-state index in [2.05, 4.69) is 19.2 Å². The van der Waals surface area contributed by atoms with Crippen LogP contribution in [-0.4, -0.2) is 26.9 Å². The average Bonchev–Trinajstić information content (AvgIpc) is 2.59. The summed E-state index contributed by atoms with van der Waals surface area (Å²) >= 11 is 0. The van der Waals surface area contributed by atoms with Gasteiger partial charge in [-0.15, -0.1) is 0 Å². The first-order chi connectivity index (χ1) is 12.6. The van der Waals surface area contributed by atoms with E-state index in [1.165, 1.54) is 24.3 Å². The lowest BCUT2D eigenvalue weighted by Crippen LogP contribution is -2.21. The number of esters is 1. The second-order valence-corrected chi connectivity index (χ2v) is 8.05. The zero-order valence-corrected chi connectivity index (χ0v) is 16.0. The van der Waals surface area contributed by atoms with Gasteiger partial charge in [-0.3, -0.25) is 4.79 Å². The normalized spacial score (nSPS) is 11.3. The van der Waals surface area contributed by atoms with Gasteiger partial charge < -0.3 is 10.1 Å². The summed E-state index contributed by atoms with van der Waals surface area (Å²) in [6, 6.07) is 12.5. The second-order valence-electron chi connectivity index (χ2n) is 6.49. The molecule has 0 aromatic heterocycles. The Balaban J connectivity index is 1.91. The number of nitrogens with one attached hydrogen (secondary N) is 1. The van der Waals surface area contributed by atoms with E-state index in [-0.39, 0.29) is 10.6 Å². The largest absolute Gasteiger partial charge is 0.452 e. The zero-order chi connectivity index (χ0) is 20.0. The summed E-state index contributed by atoms with van der Waals surface area (Å²) < 4.78 is 27.6. The highest BCUT2D eigenvalue weighted by Gasteiger charge is 2.12. The molecular weight excluding hydrogens is 368 g/mol. The van der Waals surface area contributed by atoms with Crippen molar-refractivity contribution in [3.63, 3.8) is 0 Å². The van der Waals surface area contributed by atoms with Crippen molar-refractivity contribution in [1.82, 2.24) is 0 Å². The monoisotopic (exact) mass is 390 g/mol. The number of carbonyl (C=O) groups excluding carboxylic acids is 2. The molecule has 7 nitrogen and oxygen atoms in total. The Morgan fingerprint density at radius 2 is 1.78 bits per heavy atom. The third-order valence-corrected chi connectivity index (χ3v) is 4.53. The van der Waals surface area contributed by atoms with Crippen LogP contribution < -0.4 is 10.5 Å². The summed E-state index contributed by atoms with van der Waals surface area (Å²) in [5.41, 5.74) is 1.71. The highest BCUT2D eigenvalue weighted by molar-refractivity contribution is 7.89. The Bertz CT molecular complexity index is 921. The average molecular weight is 390 g/mol. The minimum atomic E-state index is -3.87. The predicted octanol–water partition coefficient (Wildman–Crippen LogP) is 2.33. The van der Waals surface area contributed by atoms with Crippen LogP contribution in [0, 0.1) is 5.92 Å². The molecule has 0 spiro atoms. The SMILES string of the molecule is CC(C)Cc1ccc(C(=O)OCC(=O)Nc2cccc(S(N)(=O)=O)c2)cc1. The fourth-order valence-electron chi connectivity index (χ4n) is 2.41. The number of hydrogen-bond acceptors (Lipinski definition) is 5. The van der Waals surface area contributed by atoms with Crippen LogP contribution in [0.5, 0.6) is 0 Å². The molecule has 0 saturated heterocycles. The summed E-state index contributed by atoms with van der Waals surface area (Å²) in [6.45, 7) is 3.73. The number of ether oxygens (including phenoxy) is 1. The Hall–Kier alpha value is -2.71. The van der Waals surface area contributed by atoms with Crippen molar-refractivity contribution in [2.24, 2.45) is 11.1 Å². The Labute approximate surface area is 158 Å². The molecule has 0 saturated carbocycles. The summed E-state index contributed by atoms with van der Waals surface area (Å²) in [7, 11) is -3.87. The molecule has 0 aliphatic heterocycles. The molecule has 8 heteroatoms. The van der Waals surface area contributed by atoms with E-state index in [9.17, 15) is 18.0 Å². The molecule has 2 aromatic carbocycles. The number of rotatable bonds is 7. The number of nitrogens with two attached hydrogens (primary N) is 1. The molecule has 0 fully saturated rings. The van der Waals surface area contributed by atoms with E-state index in [1.54, 1.807) is 12.1 Å². The van der Waals surface area contributed by atoms with E-state index in [0.717, 1.165) is 12.0 Å². The third kappa shape index (κ3) is 6.50. The van der Waals surface area contributed by atoms with Gasteiger partial charge in [0, 0.05) is 5.69 Å². The van der Waals surface area contributed by atoms with Crippen LogP contribution in [0.3, 0.4) is 0 Å². The van der Waals surface area contributed by atoms with Crippen molar-refractivity contribution < 1.29 is 22.7 Å². The van der Waals surface area contributed by atoms with Crippen molar-refractivity contribution in [2.75, 3.05) is 11.9 Å². The predicted molar refractivity (Wildman–Crippen MR) is 102 cm³/mol. The molecule has 27 heavy (non-hydrogen) atoms. The van der Waals surface area contributed by atoms with Gasteiger partial charge in [0.1, 0.15) is 0 Å². The van der Waals surface area contributed by atoms with Crippen LogP contribution in [0.1, 0.15) is 29.8 Å². The molecule has 2 aromatic rings. The van der Waals surface area contributed by atoms with Crippen molar-refractivity contribution in [1.29, 1.82) is 0 Å². The van der Waals surface area contributed by atoms with E-state index in [0.29, 0.717) is 11.5 Å². The Morgan fingerprint density at radius 1 is 1.11 bits per heavy atom. The van der Waals surface area contributed by atoms with E-state index < -0.39 is 28.5 Å². The third-order valence-electron chi connectivity index (χ3n) is 3.61. The minimum absolute atomic E-state index is 0.126. The van der Waals surface area contributed by atoms with Crippen LogP contribution in [0.2, 0.25) is 0 Å². The maximum atomic E-state index is 12.0. The van der Waals surface area contributed by atoms with E-state index >= 15 is 0 Å². The maximum absolute atomic E-state index is 12.0. The van der Waals surface area contributed by atoms with Gasteiger partial charge in [-0.2, -0.15) is 0 Å². The number of primary sulfonamides is 1. The fourth-order valence-corrected chi connectivity index (χ4v) is 2.97. The quantitative estimate of drug-likeness (QED) is 0.704. The molecule has 0 heterocycles. The highest BCUT2D eigenvalue weighted by Crippen LogP contribution is 2.14. The van der Waals surface area contributed by atoms with E-state index in [4.69, 9.17) is 9.88 Å². The van der Waals surface area contributed by atoms with Gasteiger partial charge >= 0.3 is 5.97 Å². The molecule has 0 atom stereocenters. The summed E-state index contributed by atoms with van der Waals surface area (Å²) in [5.74, 6) is -0.690. The van der Waals surface area contributed by atoms with Gasteiger partial charge in [0.05, 0.1) is 10.5 Å². The molecule has 0 unspecified atom stereocenters. The van der Waals surface area contributed by atoms with Gasteiger partial charge in [-0.25, -0.2) is 18.4 Å². The van der Waals surface area contributed by atoms with Crippen LogP contribution in [0.15, 0.2) is 53.4 Å². The Kier molecular flexibility index (Phi) is 6.70. The highest BCUT2D eigenvalue weighted by atomic mass is 32.2. The molecular formula is C19H22N2O5S. The van der Waals surface area contributed by atoms with Gasteiger partial charge in [0.25, 0.3) is 5.91 Å². The molecule has 0 bridgehead atoms. The molecule has 0 radical (unpaired) electrons. The standard InChI is InChI=1S/C19H22N2O5S/c1-13(2)10-14-6-8-15(9-7-14)19(23)26-12-18(22)21-16-4-3-5-17(11-16)27(20,24)25/h3-9,11,13H,10,12H2,1-2H3,(H,21,22)(H2,20,24,25). The lowest BCUT2D eigenvalue weighted by atomic mass is 10.0. The van der Waals surface area contributed by atoms with Crippen molar-refractivity contribution in [2.45, 2.75) is 25.2 Å². The Morgan fingerprint density at radius 3 is 2.37 bits per heavy atom. The number of hydrogen-bond donors (Lipinski definition) is 2. The minimum Gasteiger partial charge on any atom is -0.452 e. The maximum Gasteiger partial charge on any atom is 0.338 e. The molecule has 3 N–H and O–H groups in total. The first kappa shape index (κ1) is 20.6. The van der Waals surface area contributed by atoms with Crippen LogP contribution in [0.25, 0.3) is 0 Å². The smallest absolute Gasteiger partial charge is 0.338 e. The van der Waals surface area contributed by atoms with Crippen molar-refractivity contribution in [3.8, 4) is 0 Å². The summed E-state index contributed by atoms with van der Waals surface area (Å²) in [6.07, 6.45) is 0.912. The van der Waals surface area contributed by atoms with Gasteiger partial charge in [0.2, 0.25) is 10.0 Å². The van der Waals surface area contributed by atoms with Crippen LogP contribution in [-0.2, 0) is 26.0 Å². The number of anilines is 1. The van der Waals surface area contributed by atoms with Crippen molar-refractivity contribution >= 4 is 27.6 Å². The molecule has 144 valence electrons. The van der Waals surface area contributed by atoms with Gasteiger partial charge in [-0.05, 0) is 48.2 Å². The first-order valence-electron chi connectivity index (χ1n) is 8.34. The second kappa shape index (κ2) is 8.79. The fraction of sp³-hybridized carbons (Fsp3) is 0.263. The molecule has 2 rings (SSSR count). The summed E-state index contributed by atoms with van der Waals surface area (Å²) in [5, 5.41) is 7.50. The zero-order valence-electron chi connectivity index (χ0n) is 15.1. The molecule has 0 aliphatic carbocycles. The summed E-state index contributed by atoms with van der Waals surface area (Å²) in [4.78, 5) is 23.8. The van der Waals surface area contributed by atoms with Crippen molar-refractivity contribution in [3.05, 3.63) is 59.7 Å². The number of sulfonamides is 1. The van der Waals surface area contributed by atoms with Crippen LogP contribution >= 0.6 is 0 Å². The van der Waals surface area contributed by atoms with E-state index in [1.807, 2.05) is 12.1 Å². The van der Waals surface area contributed by atoms with Gasteiger partial charge in [-0.1, -0.05) is 32.0 Å². The topological polar surface area (TPSA) is 116 Å². The first-order valence-corrected chi connectivity index (χ1v) is 9.88. The lowest BCUT2D eigenvalue weighted by molar-refractivity contribution is -0.119. The number of amides is 1. The number of carbonyl (C=O) groups is 2.